The maximum atomic E-state index is 14.9. The number of rotatable bonds is 8. The summed E-state index contributed by atoms with van der Waals surface area (Å²) in [5, 5.41) is 24.3. The number of aliphatic hydroxyl groups excluding tert-OH is 1. The maximum absolute atomic E-state index is 14.9. The first-order valence-electron chi connectivity index (χ1n) is 21.7. The maximum Gasteiger partial charge on any atom is 0.410 e. The van der Waals surface area contributed by atoms with Crippen molar-refractivity contribution in [2.75, 3.05) is 19.7 Å². The van der Waals surface area contributed by atoms with Crippen molar-refractivity contribution in [1.29, 1.82) is 0 Å². The molecule has 0 aromatic carbocycles. The molecule has 12 unspecified atom stereocenters. The summed E-state index contributed by atoms with van der Waals surface area (Å²) >= 11 is 0. The van der Waals surface area contributed by atoms with Crippen LogP contribution < -0.4 is 0 Å². The number of ether oxygens (including phenoxy) is 2. The standard InChI is InChI=1S/C45H69NO6/c1-29(2)34-14-13-30(3)24-36(34)52-40(49)46(27-33-12-9-23-51-33)28-44(50)20-17-38-42(44,5)19-16-37-41(4)18-15-32(47)25-43(41)21-22-45(37,38)35(26-43)39(48)31-10-7-6-8-11-31/h21-22,26,29-34,36-38,47,50H,6-20,23-25,27-28H2,1-5H3. The quantitative estimate of drug-likeness (QED) is 0.244. The van der Waals surface area contributed by atoms with E-state index in [4.69, 9.17) is 9.47 Å². The lowest BCUT2D eigenvalue weighted by Gasteiger charge is -2.71. The van der Waals surface area contributed by atoms with Gasteiger partial charge in [0.15, 0.2) is 5.78 Å². The van der Waals surface area contributed by atoms with Gasteiger partial charge in [0, 0.05) is 34.3 Å². The van der Waals surface area contributed by atoms with Gasteiger partial charge in [0.2, 0.25) is 0 Å². The molecule has 6 fully saturated rings. The molecule has 290 valence electrons. The van der Waals surface area contributed by atoms with Crippen LogP contribution in [-0.2, 0) is 14.3 Å². The lowest BCUT2D eigenvalue weighted by Crippen LogP contribution is -2.67. The summed E-state index contributed by atoms with van der Waals surface area (Å²) in [7, 11) is 0. The minimum absolute atomic E-state index is 0.0426. The Morgan fingerprint density at radius 2 is 1.65 bits per heavy atom. The van der Waals surface area contributed by atoms with Crippen molar-refractivity contribution in [2.24, 2.45) is 57.2 Å². The zero-order chi connectivity index (χ0) is 36.7. The molecule has 0 aromatic rings. The summed E-state index contributed by atoms with van der Waals surface area (Å²) in [6, 6.07) is 0. The third-order valence-electron chi connectivity index (χ3n) is 17.3. The first-order chi connectivity index (χ1) is 24.8. The van der Waals surface area contributed by atoms with E-state index in [0.717, 1.165) is 89.0 Å². The smallest absolute Gasteiger partial charge is 0.410 e. The predicted octanol–water partition coefficient (Wildman–Crippen LogP) is 8.81. The summed E-state index contributed by atoms with van der Waals surface area (Å²) < 4.78 is 12.6. The first kappa shape index (κ1) is 37.2. The number of Topliss-reactive ketones (excluding diaryl/α,β-unsaturated/α-hetero) is 1. The molecule has 1 amide bonds. The molecule has 1 aliphatic heterocycles. The summed E-state index contributed by atoms with van der Waals surface area (Å²) in [4.78, 5) is 31.2. The average Bonchev–Trinajstić information content (AvgIpc) is 3.73. The Labute approximate surface area is 313 Å². The lowest BCUT2D eigenvalue weighted by atomic mass is 9.32. The molecular weight excluding hydrogens is 650 g/mol. The van der Waals surface area contributed by atoms with E-state index in [1.807, 2.05) is 4.90 Å². The van der Waals surface area contributed by atoms with Gasteiger partial charge < -0.3 is 24.6 Å². The number of nitrogens with zero attached hydrogens (tertiary/aromatic N) is 1. The van der Waals surface area contributed by atoms with Gasteiger partial charge >= 0.3 is 6.09 Å². The number of carbonyl (C=O) groups excluding carboxylic acids is 2. The van der Waals surface area contributed by atoms with Gasteiger partial charge in [-0.2, -0.15) is 0 Å². The number of hydrogen-bond donors (Lipinski definition) is 2. The molecule has 9 aliphatic rings. The molecule has 8 aliphatic carbocycles. The fraction of sp³-hybridized carbons (Fsp3) is 0.867. The minimum atomic E-state index is -1.12. The predicted molar refractivity (Wildman–Crippen MR) is 202 cm³/mol. The van der Waals surface area contributed by atoms with Gasteiger partial charge in [-0.3, -0.25) is 4.79 Å². The van der Waals surface area contributed by atoms with E-state index in [1.54, 1.807) is 0 Å². The van der Waals surface area contributed by atoms with E-state index in [9.17, 15) is 19.8 Å². The molecular formula is C45H69NO6. The van der Waals surface area contributed by atoms with Crippen molar-refractivity contribution < 1.29 is 29.3 Å². The summed E-state index contributed by atoms with van der Waals surface area (Å²) in [6.45, 7) is 12.9. The van der Waals surface area contributed by atoms with Crippen LogP contribution in [-0.4, -0.2) is 70.6 Å². The Balaban J connectivity index is 1.13. The molecule has 0 aromatic heterocycles. The number of amides is 1. The highest BCUT2D eigenvalue weighted by atomic mass is 16.6. The molecule has 5 saturated carbocycles. The second kappa shape index (κ2) is 13.5. The van der Waals surface area contributed by atoms with Gasteiger partial charge in [-0.15, -0.1) is 0 Å². The molecule has 7 nitrogen and oxygen atoms in total. The number of allylic oxidation sites excluding steroid dienone is 4. The molecule has 12 atom stereocenters. The fourth-order valence-corrected chi connectivity index (χ4v) is 14.2. The molecule has 7 heteroatoms. The Morgan fingerprint density at radius 3 is 2.38 bits per heavy atom. The van der Waals surface area contributed by atoms with Crippen molar-refractivity contribution in [1.82, 2.24) is 4.90 Å². The Kier molecular flexibility index (Phi) is 9.67. The van der Waals surface area contributed by atoms with Crippen LogP contribution in [0.3, 0.4) is 0 Å². The third-order valence-corrected chi connectivity index (χ3v) is 17.3. The van der Waals surface area contributed by atoms with Gasteiger partial charge in [0.1, 0.15) is 6.10 Å². The van der Waals surface area contributed by atoms with Crippen LogP contribution >= 0.6 is 0 Å². The SMILES string of the molecule is CC1CCC(C(C)C)C(OC(=O)N(CC2CCCO2)CC2(O)CCC3C45C=CC6(C=C4C(=O)C4CCCCC4)CC(O)CCC6(C)C5CCC32C)C1. The Bertz CT molecular complexity index is 1440. The molecule has 2 bridgehead atoms. The number of fused-ring (bicyclic) bond motifs is 1. The Morgan fingerprint density at radius 1 is 0.923 bits per heavy atom. The molecule has 1 heterocycles. The molecule has 9 rings (SSSR count). The lowest BCUT2D eigenvalue weighted by molar-refractivity contribution is -0.179. The van der Waals surface area contributed by atoms with Gasteiger partial charge in [-0.25, -0.2) is 4.79 Å². The second-order valence-electron chi connectivity index (χ2n) is 20.3. The highest BCUT2D eigenvalue weighted by Gasteiger charge is 2.74. The first-order valence-corrected chi connectivity index (χ1v) is 21.7. The van der Waals surface area contributed by atoms with Crippen molar-refractivity contribution in [2.45, 2.75) is 168 Å². The van der Waals surface area contributed by atoms with E-state index in [1.165, 1.54) is 12.8 Å². The highest BCUT2D eigenvalue weighted by molar-refractivity contribution is 6.00. The van der Waals surface area contributed by atoms with Crippen LogP contribution in [0.2, 0.25) is 0 Å². The summed E-state index contributed by atoms with van der Waals surface area (Å²) in [5.74, 6) is 2.11. The summed E-state index contributed by atoms with van der Waals surface area (Å²) in [5.41, 5.74) is -1.37. The molecule has 1 saturated heterocycles. The van der Waals surface area contributed by atoms with Crippen LogP contribution in [0.4, 0.5) is 4.79 Å². The largest absolute Gasteiger partial charge is 0.446 e. The number of hydrogen-bond acceptors (Lipinski definition) is 6. The van der Waals surface area contributed by atoms with E-state index in [-0.39, 0.29) is 53.6 Å². The van der Waals surface area contributed by atoms with Crippen LogP contribution in [0.5, 0.6) is 0 Å². The van der Waals surface area contributed by atoms with Crippen molar-refractivity contribution in [3.63, 3.8) is 0 Å². The van der Waals surface area contributed by atoms with Gasteiger partial charge in [-0.1, -0.05) is 78.5 Å². The average molecular weight is 720 g/mol. The third kappa shape index (κ3) is 5.65. The normalized spacial score (nSPS) is 47.1. The van der Waals surface area contributed by atoms with Crippen LogP contribution in [0.1, 0.15) is 144 Å². The Hall–Kier alpha value is -1.70. The van der Waals surface area contributed by atoms with Crippen molar-refractivity contribution in [3.05, 3.63) is 23.8 Å². The van der Waals surface area contributed by atoms with Crippen molar-refractivity contribution >= 4 is 11.9 Å². The van der Waals surface area contributed by atoms with E-state index in [2.05, 4.69) is 52.8 Å². The number of aliphatic hydroxyl groups is 2. The van der Waals surface area contributed by atoms with Crippen LogP contribution in [0.15, 0.2) is 23.8 Å². The molecule has 2 spiro atoms. The van der Waals surface area contributed by atoms with E-state index >= 15 is 0 Å². The van der Waals surface area contributed by atoms with Gasteiger partial charge in [-0.05, 0) is 118 Å². The van der Waals surface area contributed by atoms with Gasteiger partial charge in [0.25, 0.3) is 0 Å². The highest BCUT2D eigenvalue weighted by Crippen LogP contribution is 2.78. The summed E-state index contributed by atoms with van der Waals surface area (Å²) in [6.07, 6.45) is 22.6. The molecule has 0 radical (unpaired) electrons. The minimum Gasteiger partial charge on any atom is -0.446 e. The van der Waals surface area contributed by atoms with Crippen LogP contribution in [0.25, 0.3) is 0 Å². The number of ketones is 1. The zero-order valence-corrected chi connectivity index (χ0v) is 33.0. The van der Waals surface area contributed by atoms with Crippen LogP contribution in [0, 0.1) is 57.2 Å². The van der Waals surface area contributed by atoms with Gasteiger partial charge in [0.05, 0.1) is 30.9 Å². The van der Waals surface area contributed by atoms with E-state index < -0.39 is 16.4 Å². The van der Waals surface area contributed by atoms with E-state index in [0.29, 0.717) is 55.4 Å². The molecule has 52 heavy (non-hydrogen) atoms. The van der Waals surface area contributed by atoms with Crippen molar-refractivity contribution in [3.8, 4) is 0 Å². The zero-order valence-electron chi connectivity index (χ0n) is 33.0. The second-order valence-corrected chi connectivity index (χ2v) is 20.3. The monoisotopic (exact) mass is 720 g/mol. The number of carbonyl (C=O) groups is 2. The topological polar surface area (TPSA) is 96.3 Å². The fourth-order valence-electron chi connectivity index (χ4n) is 14.2. The molecule has 2 N–H and O–H groups in total.